The maximum absolute atomic E-state index is 11.4. The van der Waals surface area contributed by atoms with Crippen LogP contribution < -0.4 is 4.74 Å². The van der Waals surface area contributed by atoms with Gasteiger partial charge < -0.3 is 14.7 Å². The van der Waals surface area contributed by atoms with E-state index in [0.717, 1.165) is 0 Å². The number of rotatable bonds is 5. The molecule has 0 fully saturated rings. The van der Waals surface area contributed by atoms with Gasteiger partial charge in [0.2, 0.25) is 0 Å². The minimum absolute atomic E-state index is 0.171. The van der Waals surface area contributed by atoms with E-state index < -0.39 is 5.97 Å². The summed E-state index contributed by atoms with van der Waals surface area (Å²) in [6.45, 7) is 1.14. The monoisotopic (exact) mass is 260 g/mol. The number of ether oxygens (including phenoxy) is 1. The molecule has 0 aliphatic rings. The van der Waals surface area contributed by atoms with Crippen molar-refractivity contribution in [1.29, 1.82) is 0 Å². The maximum atomic E-state index is 11.4. The highest BCUT2D eigenvalue weighted by molar-refractivity contribution is 6.04. The number of aromatic nitrogens is 1. The van der Waals surface area contributed by atoms with Gasteiger partial charge in [0.25, 0.3) is 0 Å². The van der Waals surface area contributed by atoms with Crippen LogP contribution in [0.15, 0.2) is 30.5 Å². The molecule has 0 unspecified atom stereocenters. The van der Waals surface area contributed by atoms with Gasteiger partial charge in [-0.1, -0.05) is 18.2 Å². The van der Waals surface area contributed by atoms with Gasteiger partial charge in [0, 0.05) is 11.9 Å². The van der Waals surface area contributed by atoms with E-state index in [-0.39, 0.29) is 5.56 Å². The van der Waals surface area contributed by atoms with E-state index in [1.807, 2.05) is 25.1 Å². The Bertz CT molecular complexity index is 596. The van der Waals surface area contributed by atoms with Crippen LogP contribution in [0.5, 0.6) is 5.75 Å². The zero-order valence-electron chi connectivity index (χ0n) is 11.0. The minimum Gasteiger partial charge on any atom is -0.490 e. The largest absolute Gasteiger partial charge is 0.490 e. The average molecular weight is 260 g/mol. The summed E-state index contributed by atoms with van der Waals surface area (Å²) >= 11 is 0. The molecule has 0 atom stereocenters. The summed E-state index contributed by atoms with van der Waals surface area (Å²) in [6, 6.07) is 7.14. The molecule has 0 bridgehead atoms. The molecule has 0 amide bonds. The maximum Gasteiger partial charge on any atom is 0.340 e. The molecule has 1 N–H and O–H groups in total. The van der Waals surface area contributed by atoms with Crippen molar-refractivity contribution in [1.82, 2.24) is 9.88 Å². The summed E-state index contributed by atoms with van der Waals surface area (Å²) in [7, 11) is 3.86. The lowest BCUT2D eigenvalue weighted by atomic mass is 10.1. The zero-order chi connectivity index (χ0) is 13.8. The van der Waals surface area contributed by atoms with Crippen molar-refractivity contribution < 1.29 is 14.6 Å². The Balaban J connectivity index is 2.37. The Morgan fingerprint density at radius 1 is 1.37 bits per heavy atom. The van der Waals surface area contributed by atoms with Crippen molar-refractivity contribution in [3.05, 3.63) is 36.0 Å². The number of hydrogen-bond acceptors (Lipinski definition) is 4. The summed E-state index contributed by atoms with van der Waals surface area (Å²) in [6.07, 6.45) is 1.47. The fourth-order valence-corrected chi connectivity index (χ4v) is 1.79. The number of nitrogens with zero attached hydrogens (tertiary/aromatic N) is 2. The third-order valence-electron chi connectivity index (χ3n) is 2.75. The van der Waals surface area contributed by atoms with Crippen molar-refractivity contribution >= 4 is 16.9 Å². The van der Waals surface area contributed by atoms with Crippen molar-refractivity contribution in [2.24, 2.45) is 0 Å². The highest BCUT2D eigenvalue weighted by Crippen LogP contribution is 2.26. The molecule has 2 aromatic rings. The predicted molar refractivity (Wildman–Crippen MR) is 72.8 cm³/mol. The third kappa shape index (κ3) is 3.00. The molecule has 0 aliphatic carbocycles. The smallest absolute Gasteiger partial charge is 0.340 e. The highest BCUT2D eigenvalue weighted by atomic mass is 16.5. The lowest BCUT2D eigenvalue weighted by Crippen LogP contribution is -2.20. The van der Waals surface area contributed by atoms with Crippen LogP contribution in [0.2, 0.25) is 0 Å². The van der Waals surface area contributed by atoms with Crippen LogP contribution in [0.3, 0.4) is 0 Å². The van der Waals surface area contributed by atoms with Gasteiger partial charge in [0.15, 0.2) is 5.75 Å². The molecule has 1 aromatic carbocycles. The number of carboxylic acids is 1. The quantitative estimate of drug-likeness (QED) is 0.889. The van der Waals surface area contributed by atoms with Gasteiger partial charge in [0.1, 0.15) is 12.2 Å². The van der Waals surface area contributed by atoms with Crippen LogP contribution in [-0.2, 0) is 0 Å². The summed E-state index contributed by atoms with van der Waals surface area (Å²) in [4.78, 5) is 17.6. The van der Waals surface area contributed by atoms with E-state index in [1.54, 1.807) is 18.2 Å². The minimum atomic E-state index is -1.00. The first kappa shape index (κ1) is 13.3. The standard InChI is InChI=1S/C14H16N2O3/c1-16(2)7-8-19-12-9-15-11-6-4-3-5-10(11)13(12)14(17)18/h3-6,9H,7-8H2,1-2H3,(H,17,18). The van der Waals surface area contributed by atoms with Crippen LogP contribution >= 0.6 is 0 Å². The number of benzene rings is 1. The molecule has 0 aliphatic heterocycles. The van der Waals surface area contributed by atoms with E-state index in [1.165, 1.54) is 6.20 Å². The first-order valence-corrected chi connectivity index (χ1v) is 5.98. The summed E-state index contributed by atoms with van der Waals surface area (Å²) in [5.41, 5.74) is 0.823. The molecule has 2 rings (SSSR count). The second-order valence-electron chi connectivity index (χ2n) is 4.47. The average Bonchev–Trinajstić information content (AvgIpc) is 2.37. The Morgan fingerprint density at radius 3 is 2.79 bits per heavy atom. The van der Waals surface area contributed by atoms with E-state index in [4.69, 9.17) is 4.74 Å². The van der Waals surface area contributed by atoms with Gasteiger partial charge in [-0.25, -0.2) is 4.79 Å². The number of likely N-dealkylation sites (N-methyl/N-ethyl adjacent to an activating group) is 1. The van der Waals surface area contributed by atoms with E-state index in [0.29, 0.717) is 29.8 Å². The van der Waals surface area contributed by atoms with Crippen LogP contribution in [-0.4, -0.2) is 48.2 Å². The van der Waals surface area contributed by atoms with Gasteiger partial charge in [-0.2, -0.15) is 0 Å². The Kier molecular flexibility index (Phi) is 3.97. The summed E-state index contributed by atoms with van der Waals surface area (Å²) < 4.78 is 5.53. The number of carbonyl (C=O) groups is 1. The van der Waals surface area contributed by atoms with Crippen molar-refractivity contribution in [2.45, 2.75) is 0 Å². The lowest BCUT2D eigenvalue weighted by molar-refractivity contribution is 0.0694. The number of hydrogen-bond donors (Lipinski definition) is 1. The molecule has 1 heterocycles. The fourth-order valence-electron chi connectivity index (χ4n) is 1.79. The molecular formula is C14H16N2O3. The van der Waals surface area contributed by atoms with Gasteiger partial charge >= 0.3 is 5.97 Å². The predicted octanol–water partition coefficient (Wildman–Crippen LogP) is 1.87. The summed E-state index contributed by atoms with van der Waals surface area (Å²) in [5, 5.41) is 9.95. The molecule has 19 heavy (non-hydrogen) atoms. The molecule has 0 spiro atoms. The molecular weight excluding hydrogens is 244 g/mol. The highest BCUT2D eigenvalue weighted by Gasteiger charge is 2.16. The van der Waals surface area contributed by atoms with Crippen LogP contribution in [0.4, 0.5) is 0 Å². The van der Waals surface area contributed by atoms with Crippen molar-refractivity contribution in [3.8, 4) is 5.75 Å². The number of fused-ring (bicyclic) bond motifs is 1. The normalized spacial score (nSPS) is 10.9. The summed E-state index contributed by atoms with van der Waals surface area (Å²) in [5.74, 6) is -0.688. The van der Waals surface area contributed by atoms with Gasteiger partial charge in [-0.15, -0.1) is 0 Å². The third-order valence-corrected chi connectivity index (χ3v) is 2.75. The van der Waals surface area contributed by atoms with Crippen LogP contribution in [0, 0.1) is 0 Å². The zero-order valence-corrected chi connectivity index (χ0v) is 11.0. The Morgan fingerprint density at radius 2 is 2.11 bits per heavy atom. The number of pyridine rings is 1. The Labute approximate surface area is 111 Å². The molecule has 1 aromatic heterocycles. The van der Waals surface area contributed by atoms with Gasteiger partial charge in [0.05, 0.1) is 11.7 Å². The van der Waals surface area contributed by atoms with Gasteiger partial charge in [-0.05, 0) is 20.2 Å². The molecule has 100 valence electrons. The molecule has 0 saturated carbocycles. The Hall–Kier alpha value is -2.14. The molecule has 5 nitrogen and oxygen atoms in total. The first-order valence-electron chi connectivity index (χ1n) is 5.98. The molecule has 0 saturated heterocycles. The fraction of sp³-hybridized carbons (Fsp3) is 0.286. The van der Waals surface area contributed by atoms with E-state index >= 15 is 0 Å². The SMILES string of the molecule is CN(C)CCOc1cnc2ccccc2c1C(=O)O. The van der Waals surface area contributed by atoms with Gasteiger partial charge in [-0.3, -0.25) is 4.98 Å². The van der Waals surface area contributed by atoms with Crippen LogP contribution in [0.25, 0.3) is 10.9 Å². The van der Waals surface area contributed by atoms with E-state index in [9.17, 15) is 9.90 Å². The molecule has 5 heteroatoms. The van der Waals surface area contributed by atoms with E-state index in [2.05, 4.69) is 4.98 Å². The number of aromatic carboxylic acids is 1. The second kappa shape index (κ2) is 5.67. The number of para-hydroxylation sites is 1. The first-order chi connectivity index (χ1) is 9.09. The van der Waals surface area contributed by atoms with Crippen molar-refractivity contribution in [3.63, 3.8) is 0 Å². The van der Waals surface area contributed by atoms with Crippen molar-refractivity contribution in [2.75, 3.05) is 27.2 Å². The second-order valence-corrected chi connectivity index (χ2v) is 4.47. The number of carboxylic acid groups (broad SMARTS) is 1. The van der Waals surface area contributed by atoms with Crippen LogP contribution in [0.1, 0.15) is 10.4 Å². The topological polar surface area (TPSA) is 62.7 Å². The lowest BCUT2D eigenvalue weighted by Gasteiger charge is -2.13. The molecule has 0 radical (unpaired) electrons.